The summed E-state index contributed by atoms with van der Waals surface area (Å²) >= 11 is 0. The van der Waals surface area contributed by atoms with E-state index in [-0.39, 0.29) is 5.41 Å². The van der Waals surface area contributed by atoms with Crippen LogP contribution in [0.25, 0.3) is 0 Å². The van der Waals surface area contributed by atoms with Crippen LogP contribution in [0.5, 0.6) is 0 Å². The highest BCUT2D eigenvalue weighted by atomic mass is 14.9. The van der Waals surface area contributed by atoms with Gasteiger partial charge in [-0.1, -0.05) is 20.8 Å². The molecule has 0 aromatic carbocycles. The van der Waals surface area contributed by atoms with Gasteiger partial charge in [0.25, 0.3) is 0 Å². The van der Waals surface area contributed by atoms with Crippen LogP contribution in [-0.2, 0) is 0 Å². The predicted molar refractivity (Wildman–Crippen MR) is 54.5 cm³/mol. The Morgan fingerprint density at radius 3 is 2.08 bits per heavy atom. The van der Waals surface area contributed by atoms with Gasteiger partial charge in [-0.15, -0.1) is 0 Å². The molecule has 0 heterocycles. The van der Waals surface area contributed by atoms with Gasteiger partial charge in [-0.05, 0) is 19.3 Å². The quantitative estimate of drug-likeness (QED) is 0.426. The molecule has 0 fully saturated rings. The first kappa shape index (κ1) is 11.0. The van der Waals surface area contributed by atoms with Gasteiger partial charge in [-0.3, -0.25) is 5.41 Å². The fourth-order valence-corrected chi connectivity index (χ4v) is 0.559. The SMILES string of the molecule is CC(=N)N=C(C)N=CC(C)(C)C. The smallest absolute Gasteiger partial charge is 0.126 e. The zero-order chi connectivity index (χ0) is 9.78. The van der Waals surface area contributed by atoms with Crippen LogP contribution in [-0.4, -0.2) is 17.9 Å². The third kappa shape index (κ3) is 7.12. The molecule has 0 rings (SSSR count). The summed E-state index contributed by atoms with van der Waals surface area (Å²) in [7, 11) is 0. The first-order valence-electron chi connectivity index (χ1n) is 3.97. The van der Waals surface area contributed by atoms with E-state index in [9.17, 15) is 0 Å². The van der Waals surface area contributed by atoms with E-state index in [0.29, 0.717) is 11.7 Å². The zero-order valence-electron chi connectivity index (χ0n) is 8.47. The summed E-state index contributed by atoms with van der Waals surface area (Å²) in [5, 5.41) is 7.10. The van der Waals surface area contributed by atoms with Crippen molar-refractivity contribution >= 4 is 17.9 Å². The Morgan fingerprint density at radius 2 is 1.75 bits per heavy atom. The highest BCUT2D eigenvalue weighted by Gasteiger charge is 2.04. The standard InChI is InChI=1S/C9H17N3/c1-7(10)12-8(2)11-6-9(3,4)5/h6,10H,1-5H3. The van der Waals surface area contributed by atoms with Gasteiger partial charge in [0.2, 0.25) is 0 Å². The van der Waals surface area contributed by atoms with Gasteiger partial charge >= 0.3 is 0 Å². The van der Waals surface area contributed by atoms with Crippen molar-refractivity contribution in [2.24, 2.45) is 15.4 Å². The van der Waals surface area contributed by atoms with Crippen LogP contribution in [0.1, 0.15) is 34.6 Å². The summed E-state index contributed by atoms with van der Waals surface area (Å²) in [6.07, 6.45) is 1.84. The molecule has 0 spiro atoms. The second-order valence-electron chi connectivity index (χ2n) is 3.87. The number of nitrogens with zero attached hydrogens (tertiary/aromatic N) is 2. The molecule has 1 N–H and O–H groups in total. The minimum absolute atomic E-state index is 0.0761. The minimum Gasteiger partial charge on any atom is -0.287 e. The number of nitrogens with one attached hydrogen (secondary N) is 1. The van der Waals surface area contributed by atoms with Crippen molar-refractivity contribution in [2.45, 2.75) is 34.6 Å². The maximum absolute atomic E-state index is 7.10. The Morgan fingerprint density at radius 1 is 1.25 bits per heavy atom. The van der Waals surface area contributed by atoms with Crippen LogP contribution < -0.4 is 0 Å². The number of hydrogen-bond donors (Lipinski definition) is 1. The molecule has 0 unspecified atom stereocenters. The summed E-state index contributed by atoms with van der Waals surface area (Å²) in [4.78, 5) is 8.00. The summed E-state index contributed by atoms with van der Waals surface area (Å²) in [6, 6.07) is 0. The van der Waals surface area contributed by atoms with Crippen LogP contribution in [0.3, 0.4) is 0 Å². The van der Waals surface area contributed by atoms with Gasteiger partial charge in [0.15, 0.2) is 0 Å². The number of hydrogen-bond acceptors (Lipinski definition) is 1. The highest BCUT2D eigenvalue weighted by molar-refractivity contribution is 5.97. The lowest BCUT2D eigenvalue weighted by Crippen LogP contribution is -2.07. The molecule has 0 bridgehead atoms. The van der Waals surface area contributed by atoms with E-state index in [2.05, 4.69) is 30.8 Å². The Labute approximate surface area is 74.1 Å². The fraction of sp³-hybridized carbons (Fsp3) is 0.667. The van der Waals surface area contributed by atoms with Crippen LogP contribution in [0, 0.1) is 10.8 Å². The molecule has 68 valence electrons. The minimum atomic E-state index is 0.0761. The van der Waals surface area contributed by atoms with Crippen molar-refractivity contribution in [3.05, 3.63) is 0 Å². The molecule has 0 atom stereocenters. The molecule has 3 nitrogen and oxygen atoms in total. The van der Waals surface area contributed by atoms with Crippen molar-refractivity contribution in [3.63, 3.8) is 0 Å². The van der Waals surface area contributed by atoms with Crippen LogP contribution >= 0.6 is 0 Å². The van der Waals surface area contributed by atoms with Gasteiger partial charge < -0.3 is 0 Å². The van der Waals surface area contributed by atoms with Crippen LogP contribution in [0.15, 0.2) is 9.98 Å². The van der Waals surface area contributed by atoms with E-state index < -0.39 is 0 Å². The van der Waals surface area contributed by atoms with Gasteiger partial charge in [0.05, 0.1) is 0 Å². The molecular formula is C9H17N3. The highest BCUT2D eigenvalue weighted by Crippen LogP contribution is 2.08. The molecule has 0 aliphatic carbocycles. The van der Waals surface area contributed by atoms with E-state index in [1.54, 1.807) is 13.8 Å². The summed E-state index contributed by atoms with van der Waals surface area (Å²) < 4.78 is 0. The maximum Gasteiger partial charge on any atom is 0.126 e. The molecule has 0 saturated heterocycles. The average Bonchev–Trinajstić information content (AvgIpc) is 1.80. The molecule has 12 heavy (non-hydrogen) atoms. The first-order chi connectivity index (χ1) is 5.31. The molecule has 0 aliphatic rings. The van der Waals surface area contributed by atoms with Gasteiger partial charge in [-0.25, -0.2) is 9.98 Å². The number of rotatable bonds is 0. The predicted octanol–water partition coefficient (Wildman–Crippen LogP) is 2.52. The second-order valence-corrected chi connectivity index (χ2v) is 3.87. The van der Waals surface area contributed by atoms with Crippen molar-refractivity contribution in [1.29, 1.82) is 5.41 Å². The largest absolute Gasteiger partial charge is 0.287 e. The van der Waals surface area contributed by atoms with E-state index >= 15 is 0 Å². The molecule has 0 aromatic heterocycles. The maximum atomic E-state index is 7.10. The van der Waals surface area contributed by atoms with E-state index in [1.165, 1.54) is 0 Å². The third-order valence-corrected chi connectivity index (χ3v) is 0.968. The molecular weight excluding hydrogens is 150 g/mol. The number of aliphatic imine (C=N–C) groups is 2. The Bertz CT molecular complexity index is 218. The van der Waals surface area contributed by atoms with Gasteiger partial charge in [0, 0.05) is 6.21 Å². The van der Waals surface area contributed by atoms with Gasteiger partial charge in [-0.2, -0.15) is 0 Å². The molecule has 3 heteroatoms. The summed E-state index contributed by atoms with van der Waals surface area (Å²) in [6.45, 7) is 9.64. The monoisotopic (exact) mass is 167 g/mol. The lowest BCUT2D eigenvalue weighted by atomic mass is 9.99. The lowest BCUT2D eigenvalue weighted by molar-refractivity contribution is 0.607. The molecule has 0 amide bonds. The summed E-state index contributed by atoms with van der Waals surface area (Å²) in [5.41, 5.74) is 0.0761. The molecule has 0 saturated carbocycles. The lowest BCUT2D eigenvalue weighted by Gasteiger charge is -2.09. The average molecular weight is 167 g/mol. The normalized spacial score (nSPS) is 13.9. The van der Waals surface area contributed by atoms with Crippen molar-refractivity contribution < 1.29 is 0 Å². The Balaban J connectivity index is 4.27. The Kier molecular flexibility index (Phi) is 3.80. The molecule has 0 radical (unpaired) electrons. The molecule has 0 aliphatic heterocycles. The Hall–Kier alpha value is -0.990. The van der Waals surface area contributed by atoms with Gasteiger partial charge in [0.1, 0.15) is 11.7 Å². The van der Waals surface area contributed by atoms with E-state index in [4.69, 9.17) is 5.41 Å². The summed E-state index contributed by atoms with van der Waals surface area (Å²) in [5.74, 6) is 0.927. The zero-order valence-corrected chi connectivity index (χ0v) is 8.47. The fourth-order valence-electron chi connectivity index (χ4n) is 0.559. The van der Waals surface area contributed by atoms with Crippen molar-refractivity contribution in [3.8, 4) is 0 Å². The second kappa shape index (κ2) is 4.14. The van der Waals surface area contributed by atoms with Crippen LogP contribution in [0.4, 0.5) is 0 Å². The first-order valence-corrected chi connectivity index (χ1v) is 3.97. The number of amidine groups is 2. The third-order valence-electron chi connectivity index (χ3n) is 0.968. The molecule has 0 aromatic rings. The van der Waals surface area contributed by atoms with Crippen molar-refractivity contribution in [2.75, 3.05) is 0 Å². The van der Waals surface area contributed by atoms with E-state index in [1.807, 2.05) is 6.21 Å². The van der Waals surface area contributed by atoms with E-state index in [0.717, 1.165) is 0 Å². The van der Waals surface area contributed by atoms with Crippen molar-refractivity contribution in [1.82, 2.24) is 0 Å². The topological polar surface area (TPSA) is 48.6 Å². The van der Waals surface area contributed by atoms with Crippen LogP contribution in [0.2, 0.25) is 0 Å².